The zero-order chi connectivity index (χ0) is 24.6. The lowest BCUT2D eigenvalue weighted by Crippen LogP contribution is -2.39. The van der Waals surface area contributed by atoms with Crippen molar-refractivity contribution >= 4 is 34.8 Å². The van der Waals surface area contributed by atoms with Crippen molar-refractivity contribution in [2.75, 3.05) is 25.5 Å². The quantitative estimate of drug-likeness (QED) is 0.432. The van der Waals surface area contributed by atoms with Crippen LogP contribution in [-0.2, 0) is 22.4 Å². The number of hydrogen-bond acceptors (Lipinski definition) is 4. The molecule has 2 amide bonds. The Balaban J connectivity index is 1.46. The van der Waals surface area contributed by atoms with Gasteiger partial charge in [-0.05, 0) is 60.5 Å². The Kier molecular flexibility index (Phi) is 8.11. The lowest BCUT2D eigenvalue weighted by Gasteiger charge is -2.24. The molecule has 0 spiro atoms. The average Bonchev–Trinajstić information content (AvgIpc) is 3.11. The number of ether oxygens (including phenoxy) is 1. The first-order valence-corrected chi connectivity index (χ1v) is 12.1. The third-order valence-corrected chi connectivity index (χ3v) is 6.56. The summed E-state index contributed by atoms with van der Waals surface area (Å²) < 4.78 is 5.17. The molecule has 0 radical (unpaired) electrons. The molecule has 4 rings (SSSR count). The van der Waals surface area contributed by atoms with Crippen LogP contribution >= 0.6 is 12.2 Å². The summed E-state index contributed by atoms with van der Waals surface area (Å²) >= 11 is 5.74. The van der Waals surface area contributed by atoms with Crippen LogP contribution < -0.4 is 10.1 Å². The van der Waals surface area contributed by atoms with Gasteiger partial charge in [-0.15, -0.1) is 0 Å². The lowest BCUT2D eigenvalue weighted by atomic mass is 10.1. The monoisotopic (exact) mass is 487 g/mol. The summed E-state index contributed by atoms with van der Waals surface area (Å²) in [5.41, 5.74) is 2.95. The summed E-state index contributed by atoms with van der Waals surface area (Å²) in [5.74, 6) is 0.357. The predicted octanol–water partition coefficient (Wildman–Crippen LogP) is 4.31. The number of hydrogen-bond donors (Lipinski definition) is 1. The van der Waals surface area contributed by atoms with Gasteiger partial charge in [0.25, 0.3) is 5.91 Å². The predicted molar refractivity (Wildman–Crippen MR) is 141 cm³/mol. The van der Waals surface area contributed by atoms with Crippen molar-refractivity contribution in [2.45, 2.75) is 25.3 Å². The molecular weight excluding hydrogens is 458 g/mol. The Morgan fingerprint density at radius 2 is 1.46 bits per heavy atom. The Morgan fingerprint density at radius 3 is 2.03 bits per heavy atom. The molecule has 6 nitrogen and oxygen atoms in total. The third-order valence-electron chi connectivity index (χ3n) is 6.11. The number of anilines is 1. The van der Waals surface area contributed by atoms with Gasteiger partial charge in [-0.2, -0.15) is 0 Å². The van der Waals surface area contributed by atoms with Gasteiger partial charge in [0.05, 0.1) is 13.5 Å². The van der Waals surface area contributed by atoms with Crippen LogP contribution in [0.2, 0.25) is 0 Å². The van der Waals surface area contributed by atoms with Gasteiger partial charge in [-0.25, -0.2) is 0 Å². The van der Waals surface area contributed by atoms with Gasteiger partial charge in [0.1, 0.15) is 11.8 Å². The molecule has 0 aromatic heterocycles. The Bertz CT molecular complexity index is 1150. The van der Waals surface area contributed by atoms with Crippen LogP contribution in [0.15, 0.2) is 84.9 Å². The number of nitrogens with zero attached hydrogens (tertiary/aromatic N) is 2. The molecule has 1 saturated heterocycles. The molecule has 1 atom stereocenters. The molecule has 0 unspecified atom stereocenters. The Hall–Kier alpha value is -3.71. The molecule has 0 aliphatic carbocycles. The van der Waals surface area contributed by atoms with E-state index in [1.807, 2.05) is 53.4 Å². The standard InChI is InChI=1S/C28H29N3O3S/c1-34-24-14-12-23(13-15-24)29-26(32)20-25-27(33)31(19-17-22-10-6-3-7-11-22)28(35)30(25)18-16-21-8-4-2-5-9-21/h2-15,25H,16-20H2,1H3,(H,29,32)/t25-/m0/s1. The van der Waals surface area contributed by atoms with E-state index in [1.54, 1.807) is 36.3 Å². The fourth-order valence-electron chi connectivity index (χ4n) is 4.19. The molecule has 0 bridgehead atoms. The number of rotatable bonds is 10. The van der Waals surface area contributed by atoms with Gasteiger partial charge < -0.3 is 15.0 Å². The van der Waals surface area contributed by atoms with Gasteiger partial charge in [0.15, 0.2) is 5.11 Å². The number of benzene rings is 3. The van der Waals surface area contributed by atoms with E-state index in [2.05, 4.69) is 17.4 Å². The van der Waals surface area contributed by atoms with E-state index in [-0.39, 0.29) is 18.2 Å². The maximum atomic E-state index is 13.4. The van der Waals surface area contributed by atoms with Crippen LogP contribution in [0.4, 0.5) is 5.69 Å². The number of thiocarbonyl (C=S) groups is 1. The van der Waals surface area contributed by atoms with Crippen LogP contribution in [0, 0.1) is 0 Å². The van der Waals surface area contributed by atoms with Crippen molar-refractivity contribution in [2.24, 2.45) is 0 Å². The van der Waals surface area contributed by atoms with Crippen molar-refractivity contribution in [1.82, 2.24) is 9.80 Å². The topological polar surface area (TPSA) is 61.9 Å². The van der Waals surface area contributed by atoms with Crippen LogP contribution in [0.1, 0.15) is 17.5 Å². The molecule has 7 heteroatoms. The van der Waals surface area contributed by atoms with E-state index >= 15 is 0 Å². The molecule has 1 heterocycles. The number of nitrogens with one attached hydrogen (secondary N) is 1. The van der Waals surface area contributed by atoms with Gasteiger partial charge in [-0.3, -0.25) is 14.5 Å². The highest BCUT2D eigenvalue weighted by atomic mass is 32.1. The van der Waals surface area contributed by atoms with Crippen LogP contribution in [-0.4, -0.2) is 53.0 Å². The Morgan fingerprint density at radius 1 is 0.886 bits per heavy atom. The molecule has 35 heavy (non-hydrogen) atoms. The summed E-state index contributed by atoms with van der Waals surface area (Å²) in [5, 5.41) is 3.38. The average molecular weight is 488 g/mol. The van der Waals surface area contributed by atoms with Gasteiger partial charge in [-0.1, -0.05) is 60.7 Å². The minimum Gasteiger partial charge on any atom is -0.497 e. The van der Waals surface area contributed by atoms with Gasteiger partial charge >= 0.3 is 0 Å². The molecule has 1 fully saturated rings. The van der Waals surface area contributed by atoms with E-state index in [9.17, 15) is 9.59 Å². The zero-order valence-electron chi connectivity index (χ0n) is 19.7. The maximum absolute atomic E-state index is 13.4. The fraction of sp³-hybridized carbons (Fsp3) is 0.250. The van der Waals surface area contributed by atoms with E-state index in [0.717, 1.165) is 17.5 Å². The van der Waals surface area contributed by atoms with Crippen molar-refractivity contribution < 1.29 is 14.3 Å². The molecule has 180 valence electrons. The second-order valence-electron chi connectivity index (χ2n) is 8.43. The van der Waals surface area contributed by atoms with Gasteiger partial charge in [0.2, 0.25) is 5.91 Å². The SMILES string of the molecule is COc1ccc(NC(=O)C[C@H]2C(=O)N(CCc3ccccc3)C(=S)N2CCc2ccccc2)cc1. The summed E-state index contributed by atoms with van der Waals surface area (Å²) in [7, 11) is 1.59. The van der Waals surface area contributed by atoms with Crippen LogP contribution in [0.25, 0.3) is 0 Å². The van der Waals surface area contributed by atoms with Crippen LogP contribution in [0.3, 0.4) is 0 Å². The molecule has 1 aliphatic heterocycles. The van der Waals surface area contributed by atoms with E-state index in [4.69, 9.17) is 17.0 Å². The number of amides is 2. The number of carbonyl (C=O) groups excluding carboxylic acids is 2. The third kappa shape index (κ3) is 6.25. The number of methoxy groups -OCH3 is 1. The first kappa shape index (κ1) is 24.4. The lowest BCUT2D eigenvalue weighted by molar-refractivity contribution is -0.130. The minimum absolute atomic E-state index is 0.0294. The van der Waals surface area contributed by atoms with E-state index in [0.29, 0.717) is 36.1 Å². The second-order valence-corrected chi connectivity index (χ2v) is 8.80. The summed E-state index contributed by atoms with van der Waals surface area (Å²) in [6.07, 6.45) is 1.46. The van der Waals surface area contributed by atoms with Crippen molar-refractivity contribution in [3.05, 3.63) is 96.1 Å². The van der Waals surface area contributed by atoms with E-state index in [1.165, 1.54) is 0 Å². The van der Waals surface area contributed by atoms with Crippen molar-refractivity contribution in [1.29, 1.82) is 0 Å². The summed E-state index contributed by atoms with van der Waals surface area (Å²) in [6, 6.07) is 26.6. The highest BCUT2D eigenvalue weighted by Gasteiger charge is 2.42. The summed E-state index contributed by atoms with van der Waals surface area (Å²) in [6.45, 7) is 1.05. The first-order valence-electron chi connectivity index (χ1n) is 11.7. The molecule has 0 saturated carbocycles. The zero-order valence-corrected chi connectivity index (χ0v) is 20.5. The Labute approximate surface area is 211 Å². The first-order chi connectivity index (χ1) is 17.0. The van der Waals surface area contributed by atoms with E-state index < -0.39 is 6.04 Å². The van der Waals surface area contributed by atoms with Gasteiger partial charge in [0, 0.05) is 18.8 Å². The van der Waals surface area contributed by atoms with Crippen molar-refractivity contribution in [3.63, 3.8) is 0 Å². The van der Waals surface area contributed by atoms with Crippen molar-refractivity contribution in [3.8, 4) is 5.75 Å². The highest BCUT2D eigenvalue weighted by Crippen LogP contribution is 2.23. The summed E-state index contributed by atoms with van der Waals surface area (Å²) in [4.78, 5) is 29.9. The largest absolute Gasteiger partial charge is 0.497 e. The second kappa shape index (κ2) is 11.6. The molecule has 1 aliphatic rings. The molecule has 3 aromatic carbocycles. The molecular formula is C28H29N3O3S. The maximum Gasteiger partial charge on any atom is 0.252 e. The normalized spacial score (nSPS) is 15.4. The minimum atomic E-state index is -0.625. The number of carbonyl (C=O) groups is 2. The molecule has 3 aromatic rings. The molecule has 1 N–H and O–H groups in total. The van der Waals surface area contributed by atoms with Crippen LogP contribution in [0.5, 0.6) is 5.75 Å². The fourth-order valence-corrected chi connectivity index (χ4v) is 4.59. The smallest absolute Gasteiger partial charge is 0.252 e. The highest BCUT2D eigenvalue weighted by molar-refractivity contribution is 7.80.